The summed E-state index contributed by atoms with van der Waals surface area (Å²) in [5, 5.41) is 3.88. The molecule has 2 N–H and O–H groups in total. The van der Waals surface area contributed by atoms with Crippen LogP contribution in [-0.4, -0.2) is 35.7 Å². The molecule has 0 saturated carbocycles. The molecule has 1 atom stereocenters. The SMILES string of the molecule is Cc1cc(-c2nc(C(N)CN(C)C)no2)co1. The minimum absolute atomic E-state index is 0.254. The van der Waals surface area contributed by atoms with Crippen molar-refractivity contribution in [3.8, 4) is 11.5 Å². The van der Waals surface area contributed by atoms with Crippen LogP contribution in [-0.2, 0) is 0 Å². The fourth-order valence-corrected chi connectivity index (χ4v) is 1.53. The van der Waals surface area contributed by atoms with Crippen LogP contribution < -0.4 is 5.73 Å². The Morgan fingerprint density at radius 2 is 2.24 bits per heavy atom. The van der Waals surface area contributed by atoms with Gasteiger partial charge >= 0.3 is 0 Å². The van der Waals surface area contributed by atoms with E-state index in [1.807, 2.05) is 32.0 Å². The van der Waals surface area contributed by atoms with Crippen LogP contribution in [0.3, 0.4) is 0 Å². The van der Waals surface area contributed by atoms with Crippen LogP contribution in [0.1, 0.15) is 17.6 Å². The highest BCUT2D eigenvalue weighted by molar-refractivity contribution is 5.51. The maximum Gasteiger partial charge on any atom is 0.261 e. The average molecular weight is 236 g/mol. The maximum atomic E-state index is 5.94. The van der Waals surface area contributed by atoms with Crippen molar-refractivity contribution in [2.75, 3.05) is 20.6 Å². The lowest BCUT2D eigenvalue weighted by atomic mass is 10.3. The van der Waals surface area contributed by atoms with Gasteiger partial charge in [-0.1, -0.05) is 5.16 Å². The highest BCUT2D eigenvalue weighted by Gasteiger charge is 2.16. The van der Waals surface area contributed by atoms with Crippen LogP contribution in [0.2, 0.25) is 0 Å². The standard InChI is InChI=1S/C11H16N4O2/c1-7-4-8(6-16-7)11-13-10(14-17-11)9(12)5-15(2)3/h4,6,9H,5,12H2,1-3H3. The van der Waals surface area contributed by atoms with Crippen molar-refractivity contribution in [1.82, 2.24) is 15.0 Å². The molecule has 0 saturated heterocycles. The Morgan fingerprint density at radius 1 is 1.47 bits per heavy atom. The molecule has 2 rings (SSSR count). The molecule has 6 heteroatoms. The lowest BCUT2D eigenvalue weighted by Gasteiger charge is -2.12. The zero-order valence-electron chi connectivity index (χ0n) is 10.2. The van der Waals surface area contributed by atoms with E-state index in [4.69, 9.17) is 14.7 Å². The second-order valence-corrected chi connectivity index (χ2v) is 4.27. The largest absolute Gasteiger partial charge is 0.469 e. The molecule has 2 aromatic heterocycles. The number of aromatic nitrogens is 2. The molecule has 6 nitrogen and oxygen atoms in total. The normalized spacial score (nSPS) is 13.2. The summed E-state index contributed by atoms with van der Waals surface area (Å²) >= 11 is 0. The molecule has 0 amide bonds. The van der Waals surface area contributed by atoms with E-state index in [-0.39, 0.29) is 6.04 Å². The summed E-state index contributed by atoms with van der Waals surface area (Å²) in [5.74, 6) is 1.75. The Kier molecular flexibility index (Phi) is 3.26. The summed E-state index contributed by atoms with van der Waals surface area (Å²) in [6.45, 7) is 2.53. The number of likely N-dealkylation sites (N-methyl/N-ethyl adjacent to an activating group) is 1. The first kappa shape index (κ1) is 11.8. The number of hydrogen-bond acceptors (Lipinski definition) is 6. The smallest absolute Gasteiger partial charge is 0.261 e. The zero-order valence-corrected chi connectivity index (χ0v) is 10.2. The van der Waals surface area contributed by atoms with Gasteiger partial charge in [0, 0.05) is 6.54 Å². The summed E-state index contributed by atoms with van der Waals surface area (Å²) in [6, 6.07) is 1.59. The van der Waals surface area contributed by atoms with Gasteiger partial charge in [0.1, 0.15) is 12.0 Å². The van der Waals surface area contributed by atoms with Crippen molar-refractivity contribution < 1.29 is 8.94 Å². The maximum absolute atomic E-state index is 5.94. The Bertz CT molecular complexity index is 489. The van der Waals surface area contributed by atoms with Crippen molar-refractivity contribution in [2.24, 2.45) is 5.73 Å². The van der Waals surface area contributed by atoms with Gasteiger partial charge in [-0.15, -0.1) is 0 Å². The Hall–Kier alpha value is -1.66. The fourth-order valence-electron chi connectivity index (χ4n) is 1.53. The first-order valence-electron chi connectivity index (χ1n) is 5.35. The Morgan fingerprint density at radius 3 is 2.82 bits per heavy atom. The number of nitrogens with zero attached hydrogens (tertiary/aromatic N) is 3. The second kappa shape index (κ2) is 4.68. The third-order valence-corrected chi connectivity index (χ3v) is 2.31. The van der Waals surface area contributed by atoms with E-state index in [1.54, 1.807) is 6.26 Å². The van der Waals surface area contributed by atoms with Gasteiger partial charge in [0.2, 0.25) is 0 Å². The molecule has 17 heavy (non-hydrogen) atoms. The minimum Gasteiger partial charge on any atom is -0.469 e. The summed E-state index contributed by atoms with van der Waals surface area (Å²) in [5.41, 5.74) is 6.72. The molecule has 0 spiro atoms. The van der Waals surface area contributed by atoms with Crippen LogP contribution in [0.25, 0.3) is 11.5 Å². The Labute approximate surface area is 99.4 Å². The predicted octanol–water partition coefficient (Wildman–Crippen LogP) is 1.20. The van der Waals surface area contributed by atoms with E-state index >= 15 is 0 Å². The van der Waals surface area contributed by atoms with Crippen LogP contribution in [0.15, 0.2) is 21.3 Å². The molecule has 2 heterocycles. The molecule has 0 fully saturated rings. The predicted molar refractivity (Wildman–Crippen MR) is 62.2 cm³/mol. The van der Waals surface area contributed by atoms with Crippen molar-refractivity contribution >= 4 is 0 Å². The molecule has 92 valence electrons. The van der Waals surface area contributed by atoms with Crippen LogP contribution in [0, 0.1) is 6.92 Å². The Balaban J connectivity index is 2.15. The molecule has 0 aliphatic heterocycles. The van der Waals surface area contributed by atoms with E-state index < -0.39 is 0 Å². The number of rotatable bonds is 4. The van der Waals surface area contributed by atoms with E-state index in [0.29, 0.717) is 18.3 Å². The second-order valence-electron chi connectivity index (χ2n) is 4.27. The molecule has 2 aromatic rings. The van der Waals surface area contributed by atoms with Gasteiger partial charge < -0.3 is 19.6 Å². The minimum atomic E-state index is -0.254. The van der Waals surface area contributed by atoms with Gasteiger partial charge in [-0.05, 0) is 27.1 Å². The fraction of sp³-hybridized carbons (Fsp3) is 0.455. The van der Waals surface area contributed by atoms with Crippen LogP contribution in [0.5, 0.6) is 0 Å². The number of aryl methyl sites for hydroxylation is 1. The molecular weight excluding hydrogens is 220 g/mol. The van der Waals surface area contributed by atoms with Crippen molar-refractivity contribution in [1.29, 1.82) is 0 Å². The van der Waals surface area contributed by atoms with Gasteiger partial charge in [0.15, 0.2) is 5.82 Å². The molecule has 0 aliphatic rings. The number of hydrogen-bond donors (Lipinski definition) is 1. The first-order chi connectivity index (χ1) is 8.06. The summed E-state index contributed by atoms with van der Waals surface area (Å²) in [4.78, 5) is 6.23. The number of furan rings is 1. The van der Waals surface area contributed by atoms with Crippen LogP contribution in [0.4, 0.5) is 0 Å². The molecule has 0 aromatic carbocycles. The first-order valence-corrected chi connectivity index (χ1v) is 5.35. The lowest BCUT2D eigenvalue weighted by molar-refractivity contribution is 0.357. The quantitative estimate of drug-likeness (QED) is 0.859. The third kappa shape index (κ3) is 2.72. The monoisotopic (exact) mass is 236 g/mol. The van der Waals surface area contributed by atoms with E-state index in [1.165, 1.54) is 0 Å². The third-order valence-electron chi connectivity index (χ3n) is 2.31. The molecule has 0 bridgehead atoms. The van der Waals surface area contributed by atoms with Gasteiger partial charge in [-0.3, -0.25) is 0 Å². The van der Waals surface area contributed by atoms with Gasteiger partial charge in [0.25, 0.3) is 5.89 Å². The van der Waals surface area contributed by atoms with Gasteiger partial charge in [0.05, 0.1) is 11.6 Å². The van der Waals surface area contributed by atoms with Crippen LogP contribution >= 0.6 is 0 Å². The average Bonchev–Trinajstić information content (AvgIpc) is 2.84. The molecular formula is C11H16N4O2. The highest BCUT2D eigenvalue weighted by Crippen LogP contribution is 2.21. The van der Waals surface area contributed by atoms with Crippen molar-refractivity contribution in [2.45, 2.75) is 13.0 Å². The van der Waals surface area contributed by atoms with E-state index in [2.05, 4.69) is 10.1 Å². The van der Waals surface area contributed by atoms with Gasteiger partial charge in [-0.2, -0.15) is 4.98 Å². The zero-order chi connectivity index (χ0) is 12.4. The van der Waals surface area contributed by atoms with Crippen molar-refractivity contribution in [3.05, 3.63) is 23.9 Å². The van der Waals surface area contributed by atoms with Gasteiger partial charge in [-0.25, -0.2) is 0 Å². The molecule has 1 unspecified atom stereocenters. The lowest BCUT2D eigenvalue weighted by Crippen LogP contribution is -2.26. The topological polar surface area (TPSA) is 81.3 Å². The summed E-state index contributed by atoms with van der Waals surface area (Å²) < 4.78 is 10.3. The summed E-state index contributed by atoms with van der Waals surface area (Å²) in [6.07, 6.45) is 1.59. The molecule has 0 radical (unpaired) electrons. The molecule has 0 aliphatic carbocycles. The highest BCUT2D eigenvalue weighted by atomic mass is 16.5. The number of nitrogens with two attached hydrogens (primary N) is 1. The van der Waals surface area contributed by atoms with E-state index in [9.17, 15) is 0 Å². The van der Waals surface area contributed by atoms with Crippen molar-refractivity contribution in [3.63, 3.8) is 0 Å². The van der Waals surface area contributed by atoms with E-state index in [0.717, 1.165) is 11.3 Å². The summed E-state index contributed by atoms with van der Waals surface area (Å²) in [7, 11) is 3.89.